The molecule has 0 aromatic carbocycles. The van der Waals surface area contributed by atoms with E-state index in [1.54, 1.807) is 16.8 Å². The van der Waals surface area contributed by atoms with E-state index in [1.807, 2.05) is 18.5 Å². The fourth-order valence-corrected chi connectivity index (χ4v) is 5.34. The molecule has 0 unspecified atom stereocenters. The highest BCUT2D eigenvalue weighted by atomic mass is 32.2. The third kappa shape index (κ3) is 3.66. The molecular formula is C23H22FN7S. The minimum Gasteiger partial charge on any atom is -0.328 e. The van der Waals surface area contributed by atoms with Crippen LogP contribution in [0.4, 0.5) is 4.39 Å². The van der Waals surface area contributed by atoms with Crippen molar-refractivity contribution in [1.29, 1.82) is 5.26 Å². The molecule has 1 aliphatic rings. The molecule has 1 fully saturated rings. The zero-order valence-electron chi connectivity index (χ0n) is 17.6. The summed E-state index contributed by atoms with van der Waals surface area (Å²) in [4.78, 5) is 4.87. The monoisotopic (exact) mass is 447 g/mol. The van der Waals surface area contributed by atoms with Crippen LogP contribution in [0.2, 0.25) is 0 Å². The normalized spacial score (nSPS) is 18.7. The van der Waals surface area contributed by atoms with E-state index in [-0.39, 0.29) is 11.1 Å². The van der Waals surface area contributed by atoms with Gasteiger partial charge in [-0.2, -0.15) is 15.5 Å². The van der Waals surface area contributed by atoms with Gasteiger partial charge in [-0.15, -0.1) is 0 Å². The van der Waals surface area contributed by atoms with E-state index in [1.165, 1.54) is 24.0 Å². The molecule has 4 aromatic heterocycles. The number of fused-ring (bicyclic) bond motifs is 1. The van der Waals surface area contributed by atoms with E-state index < -0.39 is 5.82 Å². The Labute approximate surface area is 189 Å². The van der Waals surface area contributed by atoms with Gasteiger partial charge in [-0.05, 0) is 50.8 Å². The lowest BCUT2D eigenvalue weighted by Gasteiger charge is -2.27. The van der Waals surface area contributed by atoms with Crippen LogP contribution in [0.3, 0.4) is 0 Å². The van der Waals surface area contributed by atoms with Crippen LogP contribution in [-0.4, -0.2) is 30.4 Å². The SMILES string of the molecule is Cc1c(-c2cc(Sc3ncccc3F)c3c(C#N)cnn3c2)cnn1[C@H]1CC[C@@H](N)CC1. The van der Waals surface area contributed by atoms with E-state index in [4.69, 9.17) is 5.73 Å². The summed E-state index contributed by atoms with van der Waals surface area (Å²) in [6.45, 7) is 2.07. The summed E-state index contributed by atoms with van der Waals surface area (Å²) in [7, 11) is 0. The lowest BCUT2D eigenvalue weighted by molar-refractivity contribution is 0.300. The summed E-state index contributed by atoms with van der Waals surface area (Å²) in [6.07, 6.45) is 10.9. The third-order valence-corrected chi connectivity index (χ3v) is 7.10. The molecule has 0 aliphatic heterocycles. The van der Waals surface area contributed by atoms with Crippen molar-refractivity contribution in [2.75, 3.05) is 0 Å². The van der Waals surface area contributed by atoms with Crippen molar-refractivity contribution in [2.45, 2.75) is 54.6 Å². The van der Waals surface area contributed by atoms with E-state index in [0.29, 0.717) is 22.0 Å². The molecule has 0 radical (unpaired) electrons. The maximum atomic E-state index is 14.3. The Bertz CT molecular complexity index is 1330. The highest BCUT2D eigenvalue weighted by Gasteiger charge is 2.23. The Balaban J connectivity index is 1.59. The van der Waals surface area contributed by atoms with Gasteiger partial charge in [0, 0.05) is 40.2 Å². The van der Waals surface area contributed by atoms with Crippen LogP contribution in [0.15, 0.2) is 52.9 Å². The number of rotatable bonds is 4. The Hall–Kier alpha value is -3.22. The number of hydrogen-bond donors (Lipinski definition) is 1. The van der Waals surface area contributed by atoms with Gasteiger partial charge in [0.05, 0.1) is 29.5 Å². The van der Waals surface area contributed by atoms with Gasteiger partial charge in [0.15, 0.2) is 5.82 Å². The summed E-state index contributed by atoms with van der Waals surface area (Å²) < 4.78 is 18.1. The van der Waals surface area contributed by atoms with Crippen LogP contribution in [0.25, 0.3) is 16.6 Å². The van der Waals surface area contributed by atoms with Crippen LogP contribution in [0.5, 0.6) is 0 Å². The second-order valence-electron chi connectivity index (χ2n) is 8.11. The quantitative estimate of drug-likeness (QED) is 0.494. The van der Waals surface area contributed by atoms with Gasteiger partial charge in [-0.25, -0.2) is 13.9 Å². The minimum absolute atomic E-state index is 0.252. The van der Waals surface area contributed by atoms with Gasteiger partial charge < -0.3 is 5.73 Å². The van der Waals surface area contributed by atoms with Crippen LogP contribution in [-0.2, 0) is 0 Å². The minimum atomic E-state index is -0.404. The number of pyridine rings is 2. The summed E-state index contributed by atoms with van der Waals surface area (Å²) in [5, 5.41) is 18.8. The molecule has 4 aromatic rings. The summed E-state index contributed by atoms with van der Waals surface area (Å²) in [5.74, 6) is -0.404. The van der Waals surface area contributed by atoms with Gasteiger partial charge in [-0.3, -0.25) is 4.68 Å². The lowest BCUT2D eigenvalue weighted by atomic mass is 9.92. The predicted molar refractivity (Wildman–Crippen MR) is 120 cm³/mol. The molecule has 0 amide bonds. The molecule has 5 rings (SSSR count). The Morgan fingerprint density at radius 1 is 1.22 bits per heavy atom. The molecule has 0 atom stereocenters. The maximum Gasteiger partial charge on any atom is 0.155 e. The lowest BCUT2D eigenvalue weighted by Crippen LogP contribution is -2.28. The zero-order chi connectivity index (χ0) is 22.2. The molecule has 4 heterocycles. The van der Waals surface area contributed by atoms with E-state index in [0.717, 1.165) is 42.5 Å². The Morgan fingerprint density at radius 3 is 2.78 bits per heavy atom. The number of nitriles is 1. The highest BCUT2D eigenvalue weighted by Crippen LogP contribution is 2.37. The number of nitrogens with zero attached hydrogens (tertiary/aromatic N) is 6. The first kappa shape index (κ1) is 20.7. The number of aromatic nitrogens is 5. The molecular weight excluding hydrogens is 425 g/mol. The molecule has 2 N–H and O–H groups in total. The van der Waals surface area contributed by atoms with Gasteiger partial charge in [-0.1, -0.05) is 11.8 Å². The van der Waals surface area contributed by atoms with Gasteiger partial charge in [0.25, 0.3) is 0 Å². The fourth-order valence-electron chi connectivity index (χ4n) is 4.36. The highest BCUT2D eigenvalue weighted by molar-refractivity contribution is 7.99. The largest absolute Gasteiger partial charge is 0.328 e. The molecule has 9 heteroatoms. The second kappa shape index (κ2) is 8.37. The summed E-state index contributed by atoms with van der Waals surface area (Å²) >= 11 is 1.19. The smallest absolute Gasteiger partial charge is 0.155 e. The molecule has 1 saturated carbocycles. The first-order chi connectivity index (χ1) is 15.5. The molecule has 0 bridgehead atoms. The number of nitrogens with two attached hydrogens (primary N) is 1. The van der Waals surface area contributed by atoms with E-state index in [9.17, 15) is 9.65 Å². The molecule has 1 aliphatic carbocycles. The van der Waals surface area contributed by atoms with Crippen LogP contribution < -0.4 is 5.73 Å². The van der Waals surface area contributed by atoms with E-state index >= 15 is 0 Å². The molecule has 32 heavy (non-hydrogen) atoms. The van der Waals surface area contributed by atoms with Crippen molar-refractivity contribution in [1.82, 2.24) is 24.4 Å². The molecule has 0 spiro atoms. The summed E-state index contributed by atoms with van der Waals surface area (Å²) in [5.41, 5.74) is 10.1. The molecule has 162 valence electrons. The van der Waals surface area contributed by atoms with Gasteiger partial charge >= 0.3 is 0 Å². The summed E-state index contributed by atoms with van der Waals surface area (Å²) in [6, 6.07) is 7.70. The van der Waals surface area contributed by atoms with Crippen LogP contribution in [0, 0.1) is 24.1 Å². The topological polar surface area (TPSA) is 97.8 Å². The third-order valence-electron chi connectivity index (χ3n) is 6.07. The average molecular weight is 448 g/mol. The average Bonchev–Trinajstić information content (AvgIpc) is 3.39. The molecule has 0 saturated heterocycles. The fraction of sp³-hybridized carbons (Fsp3) is 0.304. The van der Waals surface area contributed by atoms with Crippen molar-refractivity contribution >= 4 is 17.3 Å². The Kier molecular flexibility index (Phi) is 5.41. The van der Waals surface area contributed by atoms with Crippen molar-refractivity contribution in [3.8, 4) is 17.2 Å². The van der Waals surface area contributed by atoms with Gasteiger partial charge in [0.1, 0.15) is 11.1 Å². The Morgan fingerprint density at radius 2 is 2.03 bits per heavy atom. The van der Waals surface area contributed by atoms with Crippen LogP contribution in [0.1, 0.15) is 43.0 Å². The predicted octanol–water partition coefficient (Wildman–Crippen LogP) is 4.51. The van der Waals surface area contributed by atoms with Crippen molar-refractivity contribution < 1.29 is 4.39 Å². The standard InChI is InChI=1S/C23H22FN7S/c1-14-19(12-29-31(14)18-6-4-17(26)5-7-18)15-9-21(32-23-20(24)3-2-8-27-23)22-16(10-25)11-28-30(22)13-15/h2-3,8-9,11-13,17-18H,4-7,26H2,1H3/t17-,18+. The first-order valence-corrected chi connectivity index (χ1v) is 11.4. The van der Waals surface area contributed by atoms with E-state index in [2.05, 4.69) is 32.9 Å². The second-order valence-corrected chi connectivity index (χ2v) is 9.14. The van der Waals surface area contributed by atoms with Crippen molar-refractivity contribution in [2.24, 2.45) is 5.73 Å². The first-order valence-electron chi connectivity index (χ1n) is 10.5. The van der Waals surface area contributed by atoms with Crippen molar-refractivity contribution in [3.63, 3.8) is 0 Å². The number of hydrogen-bond acceptors (Lipinski definition) is 6. The van der Waals surface area contributed by atoms with Gasteiger partial charge in [0.2, 0.25) is 0 Å². The van der Waals surface area contributed by atoms with Crippen molar-refractivity contribution in [3.05, 3.63) is 60.1 Å². The van der Waals surface area contributed by atoms with Crippen LogP contribution >= 0.6 is 11.8 Å². The zero-order valence-corrected chi connectivity index (χ0v) is 18.4. The number of halogens is 1. The molecule has 7 nitrogen and oxygen atoms in total. The maximum absolute atomic E-state index is 14.3.